The Bertz CT molecular complexity index is 446. The van der Waals surface area contributed by atoms with Crippen LogP contribution in [0, 0.1) is 6.92 Å². The molecule has 20 heavy (non-hydrogen) atoms. The summed E-state index contributed by atoms with van der Waals surface area (Å²) in [4.78, 5) is 2.45. The molecule has 1 saturated carbocycles. The molecule has 1 aromatic rings. The van der Waals surface area contributed by atoms with E-state index in [9.17, 15) is 5.11 Å². The molecule has 1 aliphatic heterocycles. The van der Waals surface area contributed by atoms with Gasteiger partial charge in [-0.15, -0.1) is 0 Å². The maximum absolute atomic E-state index is 10.6. The summed E-state index contributed by atoms with van der Waals surface area (Å²) in [6, 6.07) is 8.65. The van der Waals surface area contributed by atoms with E-state index in [1.165, 1.54) is 31.2 Å². The van der Waals surface area contributed by atoms with Crippen molar-refractivity contribution in [2.75, 3.05) is 19.7 Å². The minimum absolute atomic E-state index is 0.390. The van der Waals surface area contributed by atoms with Crippen LogP contribution >= 0.6 is 0 Å². The summed E-state index contributed by atoms with van der Waals surface area (Å²) < 4.78 is 5.90. The highest BCUT2D eigenvalue weighted by Gasteiger charge is 2.35. The number of rotatable bonds is 3. The normalized spacial score (nSPS) is 28.9. The third kappa shape index (κ3) is 2.90. The number of aliphatic hydroxyl groups is 1. The quantitative estimate of drug-likeness (QED) is 0.920. The maximum atomic E-state index is 10.6. The van der Waals surface area contributed by atoms with Gasteiger partial charge in [-0.3, -0.25) is 4.90 Å². The Morgan fingerprint density at radius 3 is 2.95 bits per heavy atom. The lowest BCUT2D eigenvalue weighted by atomic mass is 9.89. The smallest absolute Gasteiger partial charge is 0.0919 e. The number of hydrogen-bond acceptors (Lipinski definition) is 3. The number of aryl methyl sites for hydroxylation is 1. The fourth-order valence-corrected chi connectivity index (χ4v) is 3.68. The van der Waals surface area contributed by atoms with Crippen LogP contribution < -0.4 is 0 Å². The van der Waals surface area contributed by atoms with Gasteiger partial charge in [-0.2, -0.15) is 0 Å². The molecular weight excluding hydrogens is 250 g/mol. The molecule has 2 aliphatic rings. The molecule has 0 bridgehead atoms. The van der Waals surface area contributed by atoms with Gasteiger partial charge in [0.1, 0.15) is 0 Å². The lowest BCUT2D eigenvalue weighted by Crippen LogP contribution is -2.53. The summed E-state index contributed by atoms with van der Waals surface area (Å²) in [6.07, 6.45) is 4.97. The molecular formula is C17H25NO2. The van der Waals surface area contributed by atoms with E-state index in [0.29, 0.717) is 12.1 Å². The van der Waals surface area contributed by atoms with Crippen molar-refractivity contribution >= 4 is 0 Å². The van der Waals surface area contributed by atoms with Crippen LogP contribution in [0.4, 0.5) is 0 Å². The van der Waals surface area contributed by atoms with E-state index in [0.717, 1.165) is 25.3 Å². The van der Waals surface area contributed by atoms with Crippen molar-refractivity contribution in [3.63, 3.8) is 0 Å². The molecule has 0 aromatic heterocycles. The topological polar surface area (TPSA) is 32.7 Å². The Morgan fingerprint density at radius 2 is 2.10 bits per heavy atom. The number of aliphatic hydroxyl groups excluding tert-OH is 1. The fraction of sp³-hybridized carbons (Fsp3) is 0.647. The summed E-state index contributed by atoms with van der Waals surface area (Å²) in [6.45, 7) is 4.56. The van der Waals surface area contributed by atoms with Crippen molar-refractivity contribution in [2.45, 2.75) is 50.9 Å². The first-order valence-electron chi connectivity index (χ1n) is 7.85. The van der Waals surface area contributed by atoms with Crippen molar-refractivity contribution in [1.29, 1.82) is 0 Å². The monoisotopic (exact) mass is 275 g/mol. The van der Waals surface area contributed by atoms with Crippen molar-refractivity contribution in [1.82, 2.24) is 4.90 Å². The molecule has 1 aromatic carbocycles. The molecule has 1 N–H and O–H groups in total. The average Bonchev–Trinajstić information content (AvgIpc) is 2.48. The average molecular weight is 275 g/mol. The largest absolute Gasteiger partial charge is 0.387 e. The van der Waals surface area contributed by atoms with Crippen LogP contribution in [0.2, 0.25) is 0 Å². The van der Waals surface area contributed by atoms with Gasteiger partial charge in [-0.05, 0) is 30.9 Å². The predicted molar refractivity (Wildman–Crippen MR) is 79.7 cm³/mol. The lowest BCUT2D eigenvalue weighted by molar-refractivity contribution is -0.0975. The number of morpholine rings is 1. The number of β-amino-alcohol motifs (C(OH)–C–C–N with tert-alkyl or cyclic N) is 1. The van der Waals surface area contributed by atoms with Gasteiger partial charge in [-0.1, -0.05) is 37.1 Å². The fourth-order valence-electron chi connectivity index (χ4n) is 3.68. The molecule has 0 spiro atoms. The summed E-state index contributed by atoms with van der Waals surface area (Å²) >= 11 is 0. The molecule has 1 heterocycles. The van der Waals surface area contributed by atoms with Gasteiger partial charge in [-0.25, -0.2) is 0 Å². The van der Waals surface area contributed by atoms with Gasteiger partial charge in [0.05, 0.1) is 18.8 Å². The first-order valence-corrected chi connectivity index (χ1v) is 7.85. The van der Waals surface area contributed by atoms with E-state index in [4.69, 9.17) is 4.74 Å². The van der Waals surface area contributed by atoms with Crippen molar-refractivity contribution < 1.29 is 9.84 Å². The zero-order valence-electron chi connectivity index (χ0n) is 12.3. The Morgan fingerprint density at radius 1 is 1.30 bits per heavy atom. The molecule has 0 amide bonds. The van der Waals surface area contributed by atoms with Gasteiger partial charge in [0.2, 0.25) is 0 Å². The highest BCUT2D eigenvalue weighted by molar-refractivity contribution is 5.27. The van der Waals surface area contributed by atoms with Gasteiger partial charge < -0.3 is 9.84 Å². The Labute approximate surface area is 121 Å². The van der Waals surface area contributed by atoms with Crippen LogP contribution in [0.15, 0.2) is 24.3 Å². The summed E-state index contributed by atoms with van der Waals surface area (Å²) in [5.41, 5.74) is 2.24. The number of ether oxygens (including phenoxy) is 1. The van der Waals surface area contributed by atoms with Crippen molar-refractivity contribution in [2.24, 2.45) is 0 Å². The molecule has 3 atom stereocenters. The molecule has 3 rings (SSSR count). The molecule has 3 nitrogen and oxygen atoms in total. The Balaban J connectivity index is 1.68. The molecule has 110 valence electrons. The van der Waals surface area contributed by atoms with E-state index >= 15 is 0 Å². The molecule has 2 fully saturated rings. The van der Waals surface area contributed by atoms with Crippen LogP contribution in [0.3, 0.4) is 0 Å². The van der Waals surface area contributed by atoms with E-state index in [-0.39, 0.29) is 0 Å². The molecule has 1 saturated heterocycles. The molecule has 0 radical (unpaired) electrons. The van der Waals surface area contributed by atoms with Crippen molar-refractivity contribution in [3.05, 3.63) is 35.4 Å². The number of fused-ring (bicyclic) bond motifs is 1. The summed E-state index contributed by atoms with van der Waals surface area (Å²) in [7, 11) is 0. The Kier molecular flexibility index (Phi) is 4.39. The number of nitrogens with zero attached hydrogens (tertiary/aromatic N) is 1. The van der Waals surface area contributed by atoms with Gasteiger partial charge >= 0.3 is 0 Å². The molecule has 1 aliphatic carbocycles. The second-order valence-electron chi connectivity index (χ2n) is 6.13. The molecule has 3 unspecified atom stereocenters. The summed E-state index contributed by atoms with van der Waals surface area (Å²) in [5, 5.41) is 10.6. The lowest BCUT2D eigenvalue weighted by Gasteiger charge is -2.44. The molecule has 3 heteroatoms. The third-order valence-corrected chi connectivity index (χ3v) is 4.80. The highest BCUT2D eigenvalue weighted by atomic mass is 16.5. The first-order chi connectivity index (χ1) is 9.75. The van der Waals surface area contributed by atoms with Crippen LogP contribution in [0.1, 0.15) is 42.9 Å². The maximum Gasteiger partial charge on any atom is 0.0919 e. The van der Waals surface area contributed by atoms with Crippen LogP contribution in [0.25, 0.3) is 0 Å². The Hall–Kier alpha value is -0.900. The zero-order chi connectivity index (χ0) is 13.9. The number of benzene rings is 1. The summed E-state index contributed by atoms with van der Waals surface area (Å²) in [5.74, 6) is 0. The standard InChI is InChI=1S/C17H25NO2/c1-13-6-2-3-7-14(13)16(19)12-18-10-11-20-17-9-5-4-8-15(17)18/h2-3,6-7,15-17,19H,4-5,8-12H2,1H3. The van der Waals surface area contributed by atoms with Gasteiger partial charge in [0.15, 0.2) is 0 Å². The van der Waals surface area contributed by atoms with E-state index in [2.05, 4.69) is 17.9 Å². The first kappa shape index (κ1) is 14.1. The van der Waals surface area contributed by atoms with E-state index in [1.807, 2.05) is 18.2 Å². The second kappa shape index (κ2) is 6.25. The highest BCUT2D eigenvalue weighted by Crippen LogP contribution is 2.30. The minimum Gasteiger partial charge on any atom is -0.387 e. The predicted octanol–water partition coefficient (Wildman–Crippen LogP) is 2.67. The van der Waals surface area contributed by atoms with Crippen LogP contribution in [-0.2, 0) is 4.74 Å². The zero-order valence-corrected chi connectivity index (χ0v) is 12.3. The minimum atomic E-state index is -0.392. The third-order valence-electron chi connectivity index (χ3n) is 4.80. The number of hydrogen-bond donors (Lipinski definition) is 1. The van der Waals surface area contributed by atoms with E-state index in [1.54, 1.807) is 0 Å². The van der Waals surface area contributed by atoms with Crippen LogP contribution in [0.5, 0.6) is 0 Å². The van der Waals surface area contributed by atoms with Crippen molar-refractivity contribution in [3.8, 4) is 0 Å². The van der Waals surface area contributed by atoms with E-state index < -0.39 is 6.10 Å². The second-order valence-corrected chi connectivity index (χ2v) is 6.13. The van der Waals surface area contributed by atoms with Crippen LogP contribution in [-0.4, -0.2) is 41.8 Å². The SMILES string of the molecule is Cc1ccccc1C(O)CN1CCOC2CCCCC21. The van der Waals surface area contributed by atoms with Gasteiger partial charge in [0.25, 0.3) is 0 Å². The van der Waals surface area contributed by atoms with Gasteiger partial charge in [0, 0.05) is 19.1 Å².